The third-order valence-electron chi connectivity index (χ3n) is 3.65. The van der Waals surface area contributed by atoms with Gasteiger partial charge in [0, 0.05) is 11.1 Å². The summed E-state index contributed by atoms with van der Waals surface area (Å²) >= 11 is 0. The van der Waals surface area contributed by atoms with Gasteiger partial charge in [-0.1, -0.05) is 66.2 Å². The van der Waals surface area contributed by atoms with Crippen LogP contribution < -0.4 is 0 Å². The molecule has 0 bridgehead atoms. The van der Waals surface area contributed by atoms with Crippen LogP contribution in [0.3, 0.4) is 0 Å². The molecule has 0 spiro atoms. The average Bonchev–Trinajstić information content (AvgIpc) is 2.48. The molecule has 0 aromatic heterocycles. The van der Waals surface area contributed by atoms with Crippen molar-refractivity contribution < 1.29 is 4.79 Å². The Morgan fingerprint density at radius 3 is 2.35 bits per heavy atom. The standard InChI is InChI=1S/C19H16O/c1-13-8-11-17-16(12-13)10-9-14(2)18(17)19(20)15-6-4-3-5-7-15/h3-12H,1-2H3. The first-order valence-electron chi connectivity index (χ1n) is 6.76. The Labute approximate surface area is 118 Å². The lowest BCUT2D eigenvalue weighted by Gasteiger charge is -2.10. The van der Waals surface area contributed by atoms with Crippen molar-refractivity contribution in [3.63, 3.8) is 0 Å². The molecule has 20 heavy (non-hydrogen) atoms. The Morgan fingerprint density at radius 1 is 0.850 bits per heavy atom. The number of rotatable bonds is 2. The Balaban J connectivity index is 2.25. The highest BCUT2D eigenvalue weighted by atomic mass is 16.1. The molecule has 0 N–H and O–H groups in total. The van der Waals surface area contributed by atoms with Crippen molar-refractivity contribution in [3.05, 3.63) is 82.9 Å². The van der Waals surface area contributed by atoms with Gasteiger partial charge in [-0.25, -0.2) is 0 Å². The Morgan fingerprint density at radius 2 is 1.60 bits per heavy atom. The number of hydrogen-bond acceptors (Lipinski definition) is 1. The summed E-state index contributed by atoms with van der Waals surface area (Å²) in [5, 5.41) is 2.15. The third kappa shape index (κ3) is 2.12. The second-order valence-corrected chi connectivity index (χ2v) is 5.18. The normalized spacial score (nSPS) is 10.7. The molecule has 0 aliphatic heterocycles. The van der Waals surface area contributed by atoms with E-state index in [0.717, 1.165) is 27.5 Å². The fourth-order valence-electron chi connectivity index (χ4n) is 2.59. The number of carbonyl (C=O) groups excluding carboxylic acids is 1. The number of benzene rings is 3. The van der Waals surface area contributed by atoms with Crippen molar-refractivity contribution in [2.24, 2.45) is 0 Å². The van der Waals surface area contributed by atoms with Crippen LogP contribution in [0.2, 0.25) is 0 Å². The maximum Gasteiger partial charge on any atom is 0.193 e. The zero-order valence-electron chi connectivity index (χ0n) is 11.7. The van der Waals surface area contributed by atoms with Gasteiger partial charge in [0.05, 0.1) is 0 Å². The van der Waals surface area contributed by atoms with Crippen LogP contribution in [-0.2, 0) is 0 Å². The lowest BCUT2D eigenvalue weighted by molar-refractivity contribution is 0.104. The largest absolute Gasteiger partial charge is 0.289 e. The van der Waals surface area contributed by atoms with Crippen molar-refractivity contribution in [3.8, 4) is 0 Å². The number of fused-ring (bicyclic) bond motifs is 1. The zero-order valence-corrected chi connectivity index (χ0v) is 11.7. The second-order valence-electron chi connectivity index (χ2n) is 5.18. The molecule has 0 aliphatic carbocycles. The smallest absolute Gasteiger partial charge is 0.193 e. The maximum atomic E-state index is 12.8. The SMILES string of the molecule is Cc1ccc2c(C(=O)c3ccccc3)c(C)ccc2c1. The topological polar surface area (TPSA) is 17.1 Å². The van der Waals surface area contributed by atoms with E-state index in [2.05, 4.69) is 25.1 Å². The minimum Gasteiger partial charge on any atom is -0.289 e. The molecule has 0 amide bonds. The lowest BCUT2D eigenvalue weighted by atomic mass is 9.92. The van der Waals surface area contributed by atoms with Crippen molar-refractivity contribution >= 4 is 16.6 Å². The van der Waals surface area contributed by atoms with Gasteiger partial charge in [-0.3, -0.25) is 4.79 Å². The van der Waals surface area contributed by atoms with E-state index in [0.29, 0.717) is 0 Å². The van der Waals surface area contributed by atoms with Crippen molar-refractivity contribution in [1.29, 1.82) is 0 Å². The van der Waals surface area contributed by atoms with E-state index in [9.17, 15) is 4.79 Å². The Hall–Kier alpha value is -2.41. The molecule has 98 valence electrons. The molecule has 0 fully saturated rings. The van der Waals surface area contributed by atoms with Crippen molar-refractivity contribution in [2.75, 3.05) is 0 Å². The molecule has 3 aromatic carbocycles. The van der Waals surface area contributed by atoms with Crippen LogP contribution in [0.15, 0.2) is 60.7 Å². The molecule has 0 saturated heterocycles. The first-order chi connectivity index (χ1) is 9.66. The van der Waals surface area contributed by atoms with Gasteiger partial charge in [0.25, 0.3) is 0 Å². The minimum atomic E-state index is 0.0950. The molecule has 3 rings (SSSR count). The summed E-state index contributed by atoms with van der Waals surface area (Å²) in [6.45, 7) is 4.06. The summed E-state index contributed by atoms with van der Waals surface area (Å²) in [6, 6.07) is 19.8. The number of carbonyl (C=O) groups is 1. The van der Waals surface area contributed by atoms with Gasteiger partial charge >= 0.3 is 0 Å². The van der Waals surface area contributed by atoms with E-state index in [1.165, 1.54) is 5.56 Å². The summed E-state index contributed by atoms with van der Waals surface area (Å²) in [5.74, 6) is 0.0950. The molecule has 0 atom stereocenters. The summed E-state index contributed by atoms with van der Waals surface area (Å²) in [6.07, 6.45) is 0. The summed E-state index contributed by atoms with van der Waals surface area (Å²) < 4.78 is 0. The van der Waals surface area contributed by atoms with E-state index in [1.807, 2.05) is 49.4 Å². The first kappa shape index (κ1) is 12.6. The van der Waals surface area contributed by atoms with Crippen LogP contribution in [0.25, 0.3) is 10.8 Å². The zero-order chi connectivity index (χ0) is 14.1. The van der Waals surface area contributed by atoms with Gasteiger partial charge in [0.15, 0.2) is 5.78 Å². The molecular formula is C19H16O. The number of hydrogen-bond donors (Lipinski definition) is 0. The monoisotopic (exact) mass is 260 g/mol. The quantitative estimate of drug-likeness (QED) is 0.611. The molecule has 0 aliphatic rings. The number of ketones is 1. The van der Waals surface area contributed by atoms with Gasteiger partial charge in [-0.15, -0.1) is 0 Å². The molecule has 0 radical (unpaired) electrons. The fraction of sp³-hybridized carbons (Fsp3) is 0.105. The van der Waals surface area contributed by atoms with E-state index in [1.54, 1.807) is 0 Å². The summed E-state index contributed by atoms with van der Waals surface area (Å²) in [4.78, 5) is 12.8. The van der Waals surface area contributed by atoms with Crippen LogP contribution in [0.1, 0.15) is 27.0 Å². The molecular weight excluding hydrogens is 244 g/mol. The van der Waals surface area contributed by atoms with Crippen LogP contribution in [0.4, 0.5) is 0 Å². The molecule has 3 aromatic rings. The lowest BCUT2D eigenvalue weighted by Crippen LogP contribution is -2.04. The van der Waals surface area contributed by atoms with Gasteiger partial charge in [-0.2, -0.15) is 0 Å². The molecule has 0 saturated carbocycles. The summed E-state index contributed by atoms with van der Waals surface area (Å²) in [5.41, 5.74) is 3.78. The van der Waals surface area contributed by atoms with Crippen molar-refractivity contribution in [2.45, 2.75) is 13.8 Å². The highest BCUT2D eigenvalue weighted by Crippen LogP contribution is 2.25. The minimum absolute atomic E-state index is 0.0950. The Bertz CT molecular complexity index is 785. The predicted molar refractivity (Wildman–Crippen MR) is 83.3 cm³/mol. The first-order valence-corrected chi connectivity index (χ1v) is 6.76. The highest BCUT2D eigenvalue weighted by molar-refractivity contribution is 6.17. The van der Waals surface area contributed by atoms with Crippen LogP contribution in [0, 0.1) is 13.8 Å². The highest BCUT2D eigenvalue weighted by Gasteiger charge is 2.14. The predicted octanol–water partition coefficient (Wildman–Crippen LogP) is 4.69. The van der Waals surface area contributed by atoms with Crippen LogP contribution >= 0.6 is 0 Å². The molecule has 0 unspecified atom stereocenters. The third-order valence-corrected chi connectivity index (χ3v) is 3.65. The van der Waals surface area contributed by atoms with Gasteiger partial charge in [-0.05, 0) is 30.2 Å². The van der Waals surface area contributed by atoms with Crippen LogP contribution in [0.5, 0.6) is 0 Å². The fourth-order valence-corrected chi connectivity index (χ4v) is 2.59. The molecule has 0 heterocycles. The summed E-state index contributed by atoms with van der Waals surface area (Å²) in [7, 11) is 0. The van der Waals surface area contributed by atoms with Gasteiger partial charge < -0.3 is 0 Å². The number of aryl methyl sites for hydroxylation is 2. The van der Waals surface area contributed by atoms with E-state index < -0.39 is 0 Å². The second kappa shape index (κ2) is 4.93. The van der Waals surface area contributed by atoms with Gasteiger partial charge in [0.2, 0.25) is 0 Å². The Kier molecular flexibility index (Phi) is 3.11. The van der Waals surface area contributed by atoms with Crippen LogP contribution in [-0.4, -0.2) is 5.78 Å². The molecule has 1 nitrogen and oxygen atoms in total. The average molecular weight is 260 g/mol. The van der Waals surface area contributed by atoms with E-state index in [4.69, 9.17) is 0 Å². The van der Waals surface area contributed by atoms with Crippen molar-refractivity contribution in [1.82, 2.24) is 0 Å². The maximum absolute atomic E-state index is 12.8. The molecule has 1 heteroatoms. The van der Waals surface area contributed by atoms with Gasteiger partial charge in [0.1, 0.15) is 0 Å². The van der Waals surface area contributed by atoms with E-state index in [-0.39, 0.29) is 5.78 Å². The van der Waals surface area contributed by atoms with E-state index >= 15 is 0 Å².